The molecule has 15 heavy (non-hydrogen) atoms. The Morgan fingerprint density at radius 3 is 3.00 bits per heavy atom. The van der Waals surface area contributed by atoms with Crippen molar-refractivity contribution in [2.45, 2.75) is 25.4 Å². The Morgan fingerprint density at radius 2 is 2.53 bits per heavy atom. The molecule has 1 rings (SSSR count). The van der Waals surface area contributed by atoms with Gasteiger partial charge in [-0.25, -0.2) is 4.98 Å². The molecule has 6 nitrogen and oxygen atoms in total. The van der Waals surface area contributed by atoms with E-state index in [4.69, 9.17) is 5.73 Å². The molecule has 1 radical (unpaired) electrons. The zero-order valence-corrected chi connectivity index (χ0v) is 8.36. The van der Waals surface area contributed by atoms with E-state index < -0.39 is 12.1 Å². The van der Waals surface area contributed by atoms with Crippen molar-refractivity contribution in [2.24, 2.45) is 5.73 Å². The van der Waals surface area contributed by atoms with Crippen molar-refractivity contribution in [3.63, 3.8) is 0 Å². The Balaban J connectivity index is 2.50. The molecule has 1 aromatic heterocycles. The summed E-state index contributed by atoms with van der Waals surface area (Å²) in [6, 6.07) is -1.34. The van der Waals surface area contributed by atoms with Crippen molar-refractivity contribution in [3.8, 4) is 0 Å². The number of nitrogens with zero attached hydrogens (tertiary/aromatic N) is 1. The van der Waals surface area contributed by atoms with E-state index in [1.807, 2.05) is 0 Å². The van der Waals surface area contributed by atoms with Crippen molar-refractivity contribution in [3.05, 3.63) is 18.2 Å². The smallest absolute Gasteiger partial charge is 0.237 e. The predicted molar refractivity (Wildman–Crippen MR) is 53.6 cm³/mol. The Hall–Kier alpha value is -1.69. The van der Waals surface area contributed by atoms with Crippen LogP contribution in [0, 0.1) is 0 Å². The molecule has 1 aromatic rings. The van der Waals surface area contributed by atoms with Gasteiger partial charge in [-0.05, 0) is 6.92 Å². The number of aromatic amines is 1. The van der Waals surface area contributed by atoms with Gasteiger partial charge in [-0.2, -0.15) is 0 Å². The van der Waals surface area contributed by atoms with Gasteiger partial charge in [0.15, 0.2) is 0 Å². The predicted octanol–water partition coefficient (Wildman–Crippen LogP) is -1.11. The summed E-state index contributed by atoms with van der Waals surface area (Å²) in [5.74, 6) is -0.376. The molecule has 1 heterocycles. The molecule has 0 aromatic carbocycles. The van der Waals surface area contributed by atoms with Gasteiger partial charge in [-0.1, -0.05) is 0 Å². The summed E-state index contributed by atoms with van der Waals surface area (Å²) in [7, 11) is 0. The van der Waals surface area contributed by atoms with E-state index in [1.54, 1.807) is 19.4 Å². The van der Waals surface area contributed by atoms with Crippen molar-refractivity contribution in [1.82, 2.24) is 15.3 Å². The van der Waals surface area contributed by atoms with Gasteiger partial charge in [0.05, 0.1) is 18.1 Å². The summed E-state index contributed by atoms with van der Waals surface area (Å²) in [6.45, 7) is 1.55. The van der Waals surface area contributed by atoms with Crippen LogP contribution in [-0.2, 0) is 16.0 Å². The van der Waals surface area contributed by atoms with Gasteiger partial charge in [0, 0.05) is 12.6 Å². The summed E-state index contributed by atoms with van der Waals surface area (Å²) < 4.78 is 0. The summed E-state index contributed by atoms with van der Waals surface area (Å²) in [6.07, 6.45) is 5.21. The highest BCUT2D eigenvalue weighted by molar-refractivity contribution is 5.83. The Labute approximate surface area is 87.3 Å². The van der Waals surface area contributed by atoms with E-state index in [9.17, 15) is 9.59 Å². The maximum atomic E-state index is 11.2. The van der Waals surface area contributed by atoms with Crippen LogP contribution in [0.4, 0.5) is 0 Å². The second-order valence-electron chi connectivity index (χ2n) is 3.23. The lowest BCUT2D eigenvalue weighted by molar-refractivity contribution is -0.122. The number of aromatic nitrogens is 2. The lowest BCUT2D eigenvalue weighted by Gasteiger charge is -2.12. The first kappa shape index (κ1) is 11.4. The Bertz CT molecular complexity index is 321. The third-order valence-electron chi connectivity index (χ3n) is 1.84. The standard InChI is InChI=1S/C9H13N4O2/c1-6(10)9(15)13-8(4-14)2-7-3-11-5-12-7/h3,5-6,8H,2,10H2,1H3,(H,11,12)(H,13,15)/t6-,8-/m0/s1. The van der Waals surface area contributed by atoms with E-state index in [1.165, 1.54) is 6.33 Å². The number of H-pyrrole nitrogens is 1. The fraction of sp³-hybridized carbons (Fsp3) is 0.444. The average Bonchev–Trinajstić information content (AvgIpc) is 2.69. The highest BCUT2D eigenvalue weighted by Gasteiger charge is 2.16. The van der Waals surface area contributed by atoms with Gasteiger partial charge < -0.3 is 16.0 Å². The minimum Gasteiger partial charge on any atom is -0.351 e. The Morgan fingerprint density at radius 1 is 1.80 bits per heavy atom. The van der Waals surface area contributed by atoms with Gasteiger partial charge in [-0.3, -0.25) is 9.59 Å². The summed E-state index contributed by atoms with van der Waals surface area (Å²) in [5, 5.41) is 2.46. The molecule has 2 atom stereocenters. The Kier molecular flexibility index (Phi) is 3.99. The van der Waals surface area contributed by atoms with Crippen LogP contribution in [0.25, 0.3) is 0 Å². The van der Waals surface area contributed by atoms with Gasteiger partial charge in [0.1, 0.15) is 6.04 Å². The largest absolute Gasteiger partial charge is 0.351 e. The quantitative estimate of drug-likeness (QED) is 0.572. The number of hydrogen-bond donors (Lipinski definition) is 3. The zero-order valence-electron chi connectivity index (χ0n) is 8.36. The van der Waals surface area contributed by atoms with Crippen LogP contribution in [-0.4, -0.2) is 34.2 Å². The fourth-order valence-corrected chi connectivity index (χ4v) is 1.04. The van der Waals surface area contributed by atoms with Gasteiger partial charge in [0.2, 0.25) is 12.2 Å². The molecule has 0 aliphatic heterocycles. The summed E-state index contributed by atoms with van der Waals surface area (Å²) in [4.78, 5) is 28.5. The maximum absolute atomic E-state index is 11.2. The van der Waals surface area contributed by atoms with E-state index in [0.29, 0.717) is 12.1 Å². The molecule has 81 valence electrons. The van der Waals surface area contributed by atoms with Crippen LogP contribution in [0.5, 0.6) is 0 Å². The number of amides is 1. The second-order valence-corrected chi connectivity index (χ2v) is 3.23. The lowest BCUT2D eigenvalue weighted by atomic mass is 10.2. The summed E-state index contributed by atoms with van der Waals surface area (Å²) >= 11 is 0. The average molecular weight is 209 g/mol. The van der Waals surface area contributed by atoms with Crippen LogP contribution in [0.15, 0.2) is 12.5 Å². The first-order valence-electron chi connectivity index (χ1n) is 4.54. The number of rotatable bonds is 5. The molecule has 0 bridgehead atoms. The number of carbonyl (C=O) groups is 1. The van der Waals surface area contributed by atoms with E-state index in [2.05, 4.69) is 15.3 Å². The highest BCUT2D eigenvalue weighted by atomic mass is 16.2. The fourth-order valence-electron chi connectivity index (χ4n) is 1.04. The third-order valence-corrected chi connectivity index (χ3v) is 1.84. The number of nitrogens with two attached hydrogens (primary N) is 1. The van der Waals surface area contributed by atoms with Gasteiger partial charge in [-0.15, -0.1) is 0 Å². The van der Waals surface area contributed by atoms with Crippen molar-refractivity contribution in [1.29, 1.82) is 0 Å². The van der Waals surface area contributed by atoms with Crippen molar-refractivity contribution >= 4 is 12.2 Å². The molecule has 0 unspecified atom stereocenters. The maximum Gasteiger partial charge on any atom is 0.237 e. The van der Waals surface area contributed by atoms with Crippen molar-refractivity contribution in [2.75, 3.05) is 0 Å². The zero-order chi connectivity index (χ0) is 11.3. The second kappa shape index (κ2) is 5.26. The number of imidazole rings is 1. The molecular weight excluding hydrogens is 196 g/mol. The summed E-state index contributed by atoms with van der Waals surface area (Å²) in [5.41, 5.74) is 6.04. The third kappa shape index (κ3) is 3.51. The van der Waals surface area contributed by atoms with Crippen LogP contribution >= 0.6 is 0 Å². The van der Waals surface area contributed by atoms with E-state index in [-0.39, 0.29) is 5.91 Å². The molecule has 4 N–H and O–H groups in total. The molecular formula is C9H13N4O2. The van der Waals surface area contributed by atoms with Crippen LogP contribution in [0.2, 0.25) is 0 Å². The molecule has 0 saturated carbocycles. The van der Waals surface area contributed by atoms with Crippen LogP contribution in [0.1, 0.15) is 12.6 Å². The molecule has 6 heteroatoms. The van der Waals surface area contributed by atoms with Crippen molar-refractivity contribution < 1.29 is 9.59 Å². The topological polar surface area (TPSA) is 101 Å². The monoisotopic (exact) mass is 209 g/mol. The minimum absolute atomic E-state index is 0.311. The number of nitrogens with one attached hydrogen (secondary N) is 2. The molecule has 0 aliphatic rings. The normalized spacial score (nSPS) is 14.3. The molecule has 0 aliphatic carbocycles. The first-order valence-corrected chi connectivity index (χ1v) is 4.54. The molecule has 0 spiro atoms. The minimum atomic E-state index is -0.702. The first-order chi connectivity index (χ1) is 7.13. The number of hydrogen-bond acceptors (Lipinski definition) is 4. The molecule has 0 saturated heterocycles. The van der Waals surface area contributed by atoms with E-state index >= 15 is 0 Å². The lowest BCUT2D eigenvalue weighted by Crippen LogP contribution is -2.45. The number of carbonyl (C=O) groups excluding carboxylic acids is 2. The highest BCUT2D eigenvalue weighted by Crippen LogP contribution is 1.96. The molecule has 0 fully saturated rings. The SMILES string of the molecule is C[C@H](N)C(=O)N[C@H]([C]=O)Cc1c[nH]cn1. The van der Waals surface area contributed by atoms with Gasteiger partial charge in [0.25, 0.3) is 0 Å². The van der Waals surface area contributed by atoms with E-state index in [0.717, 1.165) is 0 Å². The molecule has 1 amide bonds. The van der Waals surface area contributed by atoms with Crippen LogP contribution in [0.3, 0.4) is 0 Å². The van der Waals surface area contributed by atoms with Gasteiger partial charge >= 0.3 is 0 Å². The van der Waals surface area contributed by atoms with Crippen LogP contribution < -0.4 is 11.1 Å².